The fourth-order valence-electron chi connectivity index (χ4n) is 7.13. The summed E-state index contributed by atoms with van der Waals surface area (Å²) in [4.78, 5) is 12.4. The largest absolute Gasteiger partial charge is 0.459 e. The van der Waals surface area contributed by atoms with Crippen molar-refractivity contribution in [3.05, 3.63) is 11.1 Å². The van der Waals surface area contributed by atoms with Crippen LogP contribution in [0.3, 0.4) is 0 Å². The molecule has 8 heteroatoms. The van der Waals surface area contributed by atoms with E-state index < -0.39 is 70.9 Å². The van der Waals surface area contributed by atoms with E-state index >= 15 is 0 Å². The molecule has 0 amide bonds. The molecule has 158 valence electrons. The molecule has 0 aromatic carbocycles. The van der Waals surface area contributed by atoms with Gasteiger partial charge in [0.1, 0.15) is 11.7 Å². The van der Waals surface area contributed by atoms with Gasteiger partial charge in [-0.05, 0) is 13.3 Å². The van der Waals surface area contributed by atoms with Crippen molar-refractivity contribution in [3.63, 3.8) is 0 Å². The highest BCUT2D eigenvalue weighted by atomic mass is 16.6. The lowest BCUT2D eigenvalue weighted by atomic mass is 9.38. The smallest absolute Gasteiger partial charge is 0.338 e. The van der Waals surface area contributed by atoms with E-state index in [1.807, 2.05) is 6.92 Å². The molecule has 0 spiro atoms. The van der Waals surface area contributed by atoms with Crippen molar-refractivity contribution in [2.24, 2.45) is 22.7 Å². The van der Waals surface area contributed by atoms with E-state index in [-0.39, 0.29) is 12.8 Å². The fourth-order valence-corrected chi connectivity index (χ4v) is 7.13. The average Bonchev–Trinajstić information content (AvgIpc) is 2.63. The van der Waals surface area contributed by atoms with Crippen LogP contribution in [0.25, 0.3) is 0 Å². The van der Waals surface area contributed by atoms with Crippen molar-refractivity contribution in [3.8, 4) is 0 Å². The van der Waals surface area contributed by atoms with Crippen LogP contribution in [0.15, 0.2) is 11.1 Å². The molecule has 11 unspecified atom stereocenters. The van der Waals surface area contributed by atoms with Gasteiger partial charge in [-0.25, -0.2) is 4.79 Å². The molecule has 0 radical (unpaired) electrons. The minimum Gasteiger partial charge on any atom is -0.459 e. The summed E-state index contributed by atoms with van der Waals surface area (Å²) in [7, 11) is 0. The standard InChI is InChI=1S/C20H30O8/c1-7-5-10(21)15(24)18(3)9(7)6-11-19(4)14(18)13(23)12(22)8(2)20(19,27)16(25)17(26)28-11/h8,10-16,21-25,27H,5-6H2,1-4H3. The van der Waals surface area contributed by atoms with Crippen molar-refractivity contribution in [1.29, 1.82) is 0 Å². The summed E-state index contributed by atoms with van der Waals surface area (Å²) in [5.74, 6) is -2.94. The zero-order valence-corrected chi connectivity index (χ0v) is 16.5. The van der Waals surface area contributed by atoms with E-state index in [4.69, 9.17) is 4.74 Å². The Labute approximate surface area is 163 Å². The summed E-state index contributed by atoms with van der Waals surface area (Å²) in [6.45, 7) is 6.65. The number of carbonyl (C=O) groups is 1. The first kappa shape index (κ1) is 20.3. The summed E-state index contributed by atoms with van der Waals surface area (Å²) in [6, 6.07) is 0. The van der Waals surface area contributed by atoms with Gasteiger partial charge in [-0.2, -0.15) is 0 Å². The average molecular weight is 398 g/mol. The minimum atomic E-state index is -2.07. The first-order chi connectivity index (χ1) is 12.8. The quantitative estimate of drug-likeness (QED) is 0.221. The Hall–Kier alpha value is -1.03. The number of carbonyl (C=O) groups excluding carboxylic acids is 1. The number of aliphatic hydroxyl groups excluding tert-OH is 5. The van der Waals surface area contributed by atoms with Crippen LogP contribution in [0, 0.1) is 22.7 Å². The van der Waals surface area contributed by atoms with Gasteiger partial charge in [0, 0.05) is 29.1 Å². The predicted octanol–water partition coefficient (Wildman–Crippen LogP) is -1.15. The maximum Gasteiger partial charge on any atom is 0.338 e. The third kappa shape index (κ3) is 1.94. The lowest BCUT2D eigenvalue weighted by Crippen LogP contribution is -2.82. The van der Waals surface area contributed by atoms with Gasteiger partial charge in [0.05, 0.1) is 24.4 Å². The third-order valence-electron chi connectivity index (χ3n) is 8.67. The van der Waals surface area contributed by atoms with Crippen LogP contribution in [-0.4, -0.2) is 78.8 Å². The number of rotatable bonds is 0. The van der Waals surface area contributed by atoms with Gasteiger partial charge < -0.3 is 35.4 Å². The molecule has 1 heterocycles. The van der Waals surface area contributed by atoms with Crippen LogP contribution < -0.4 is 0 Å². The lowest BCUT2D eigenvalue weighted by molar-refractivity contribution is -0.346. The van der Waals surface area contributed by atoms with Crippen molar-refractivity contribution >= 4 is 5.97 Å². The molecule has 1 aliphatic heterocycles. The summed E-state index contributed by atoms with van der Waals surface area (Å²) in [5.41, 5.74) is -3.01. The van der Waals surface area contributed by atoms with E-state index in [0.29, 0.717) is 0 Å². The molecule has 11 atom stereocenters. The molecule has 1 saturated heterocycles. The maximum atomic E-state index is 12.4. The van der Waals surface area contributed by atoms with Gasteiger partial charge in [0.25, 0.3) is 0 Å². The van der Waals surface area contributed by atoms with Crippen LogP contribution in [0.1, 0.15) is 40.5 Å². The van der Waals surface area contributed by atoms with Crippen molar-refractivity contribution in [2.45, 2.75) is 82.8 Å². The Bertz CT molecular complexity index is 750. The van der Waals surface area contributed by atoms with Gasteiger partial charge >= 0.3 is 5.97 Å². The van der Waals surface area contributed by atoms with Crippen molar-refractivity contribution in [1.82, 2.24) is 0 Å². The molecule has 3 aliphatic carbocycles. The molecule has 6 N–H and O–H groups in total. The van der Waals surface area contributed by atoms with Gasteiger partial charge in [-0.1, -0.05) is 31.9 Å². The lowest BCUT2D eigenvalue weighted by Gasteiger charge is -2.71. The molecular weight excluding hydrogens is 368 g/mol. The first-order valence-electron chi connectivity index (χ1n) is 9.86. The topological polar surface area (TPSA) is 148 Å². The zero-order chi connectivity index (χ0) is 21.0. The number of esters is 1. The van der Waals surface area contributed by atoms with E-state index in [0.717, 1.165) is 11.1 Å². The molecule has 2 saturated carbocycles. The molecule has 4 rings (SSSR count). The number of fused-ring (bicyclic) bond motifs is 2. The van der Waals surface area contributed by atoms with Gasteiger partial charge in [-0.3, -0.25) is 0 Å². The Morgan fingerprint density at radius 2 is 1.64 bits per heavy atom. The zero-order valence-electron chi connectivity index (χ0n) is 16.5. The molecule has 0 bridgehead atoms. The van der Waals surface area contributed by atoms with Gasteiger partial charge in [0.2, 0.25) is 0 Å². The molecule has 4 aliphatic rings. The number of hydrogen-bond acceptors (Lipinski definition) is 8. The highest BCUT2D eigenvalue weighted by Crippen LogP contribution is 2.69. The summed E-state index contributed by atoms with van der Waals surface area (Å²) >= 11 is 0. The minimum absolute atomic E-state index is 0.218. The number of hydrogen-bond donors (Lipinski definition) is 6. The Kier molecular flexibility index (Phi) is 4.17. The first-order valence-corrected chi connectivity index (χ1v) is 9.86. The number of aliphatic hydroxyl groups is 6. The second-order valence-electron chi connectivity index (χ2n) is 9.65. The molecule has 0 aromatic heterocycles. The van der Waals surface area contributed by atoms with Gasteiger partial charge in [-0.15, -0.1) is 0 Å². The Balaban J connectivity index is 2.02. The Morgan fingerprint density at radius 3 is 2.25 bits per heavy atom. The van der Waals surface area contributed by atoms with Crippen molar-refractivity contribution in [2.75, 3.05) is 0 Å². The second-order valence-corrected chi connectivity index (χ2v) is 9.65. The molecule has 28 heavy (non-hydrogen) atoms. The molecule has 0 aromatic rings. The maximum absolute atomic E-state index is 12.4. The molecular formula is C20H30O8. The predicted molar refractivity (Wildman–Crippen MR) is 95.7 cm³/mol. The summed E-state index contributed by atoms with van der Waals surface area (Å²) in [5, 5.41) is 65.7. The highest BCUT2D eigenvalue weighted by Gasteiger charge is 2.78. The van der Waals surface area contributed by atoms with Crippen LogP contribution in [0.4, 0.5) is 0 Å². The fraction of sp³-hybridized carbons (Fsp3) is 0.850. The molecule has 3 fully saturated rings. The van der Waals surface area contributed by atoms with Gasteiger partial charge in [0.15, 0.2) is 6.10 Å². The SMILES string of the molecule is CC1=C2CC3OC(=O)C(O)C4(O)C(C)C(O)C(O)C(C2(C)C(O)C(O)C1)C34C. The monoisotopic (exact) mass is 398 g/mol. The normalized spacial score (nSPS) is 58.7. The summed E-state index contributed by atoms with van der Waals surface area (Å²) in [6.07, 6.45) is -7.39. The van der Waals surface area contributed by atoms with Crippen LogP contribution >= 0.6 is 0 Å². The third-order valence-corrected chi connectivity index (χ3v) is 8.67. The second kappa shape index (κ2) is 5.77. The highest BCUT2D eigenvalue weighted by molar-refractivity contribution is 5.78. The van der Waals surface area contributed by atoms with Crippen LogP contribution in [0.2, 0.25) is 0 Å². The van der Waals surface area contributed by atoms with E-state index in [1.54, 1.807) is 13.8 Å². The van der Waals surface area contributed by atoms with E-state index in [2.05, 4.69) is 0 Å². The Morgan fingerprint density at radius 1 is 1.04 bits per heavy atom. The molecule has 8 nitrogen and oxygen atoms in total. The van der Waals surface area contributed by atoms with Crippen LogP contribution in [0.5, 0.6) is 0 Å². The summed E-state index contributed by atoms with van der Waals surface area (Å²) < 4.78 is 5.52. The van der Waals surface area contributed by atoms with Crippen molar-refractivity contribution < 1.29 is 40.2 Å². The van der Waals surface area contributed by atoms with Crippen LogP contribution in [-0.2, 0) is 9.53 Å². The van der Waals surface area contributed by atoms with E-state index in [1.165, 1.54) is 6.92 Å². The number of ether oxygens (including phenoxy) is 1. The van der Waals surface area contributed by atoms with E-state index in [9.17, 15) is 35.4 Å².